The van der Waals surface area contributed by atoms with Crippen LogP contribution in [0.5, 0.6) is 0 Å². The van der Waals surface area contributed by atoms with Gasteiger partial charge in [-0.05, 0) is 31.5 Å². The second kappa shape index (κ2) is 7.78. The van der Waals surface area contributed by atoms with E-state index in [0.717, 1.165) is 48.7 Å². The second-order valence-electron chi connectivity index (χ2n) is 7.93. The summed E-state index contributed by atoms with van der Waals surface area (Å²) in [7, 11) is 0. The van der Waals surface area contributed by atoms with Crippen LogP contribution in [0.25, 0.3) is 11.0 Å². The highest BCUT2D eigenvalue weighted by Gasteiger charge is 2.23. The van der Waals surface area contributed by atoms with Crippen molar-refractivity contribution in [3.05, 3.63) is 77.7 Å². The first-order valence-corrected chi connectivity index (χ1v) is 10.5. The summed E-state index contributed by atoms with van der Waals surface area (Å²) in [5.41, 5.74) is 5.69. The van der Waals surface area contributed by atoms with Gasteiger partial charge in [0.2, 0.25) is 0 Å². The third-order valence-electron chi connectivity index (χ3n) is 5.84. The van der Waals surface area contributed by atoms with Gasteiger partial charge in [0, 0.05) is 31.9 Å². The van der Waals surface area contributed by atoms with Crippen molar-refractivity contribution in [1.82, 2.24) is 19.7 Å². The van der Waals surface area contributed by atoms with E-state index in [1.165, 1.54) is 16.8 Å². The lowest BCUT2D eigenvalue weighted by Crippen LogP contribution is -2.47. The molecule has 0 saturated carbocycles. The molecule has 5 rings (SSSR count). The van der Waals surface area contributed by atoms with Crippen molar-refractivity contribution in [3.8, 4) is 0 Å². The Hall–Kier alpha value is -3.41. The Morgan fingerprint density at radius 2 is 1.50 bits per heavy atom. The maximum Gasteiger partial charge on any atom is 0.163 e. The number of aromatic nitrogens is 4. The molecule has 2 aromatic carbocycles. The predicted octanol–water partition coefficient (Wildman–Crippen LogP) is 3.82. The van der Waals surface area contributed by atoms with E-state index in [-0.39, 0.29) is 0 Å². The van der Waals surface area contributed by atoms with Crippen molar-refractivity contribution in [3.63, 3.8) is 0 Å². The summed E-state index contributed by atoms with van der Waals surface area (Å²) in [5.74, 6) is 1.00. The van der Waals surface area contributed by atoms with E-state index in [4.69, 9.17) is 5.10 Å². The van der Waals surface area contributed by atoms with Crippen molar-refractivity contribution in [2.75, 3.05) is 36.0 Å². The van der Waals surface area contributed by atoms with Gasteiger partial charge in [0.25, 0.3) is 0 Å². The largest absolute Gasteiger partial charge is 0.368 e. The first kappa shape index (κ1) is 18.6. The molecular formula is C24H26N6. The predicted molar refractivity (Wildman–Crippen MR) is 121 cm³/mol. The molecule has 3 heterocycles. The third-order valence-corrected chi connectivity index (χ3v) is 5.84. The number of hydrogen-bond donors (Lipinski definition) is 0. The third kappa shape index (κ3) is 3.49. The standard InChI is InChI=1S/C24H26N6/c1-18-8-10-21(11-9-18)28-12-14-29(15-13-28)23-22-19(2)27-30(24(22)26-17-25-23)16-20-6-4-3-5-7-20/h3-11,17H,12-16H2,1-2H3. The Labute approximate surface area is 176 Å². The highest BCUT2D eigenvalue weighted by Crippen LogP contribution is 2.28. The van der Waals surface area contributed by atoms with Crippen molar-refractivity contribution < 1.29 is 0 Å². The van der Waals surface area contributed by atoms with Gasteiger partial charge in [0.15, 0.2) is 5.65 Å². The van der Waals surface area contributed by atoms with E-state index >= 15 is 0 Å². The Morgan fingerprint density at radius 1 is 0.800 bits per heavy atom. The molecule has 0 amide bonds. The Morgan fingerprint density at radius 3 is 2.23 bits per heavy atom. The summed E-state index contributed by atoms with van der Waals surface area (Å²) in [4.78, 5) is 14.1. The molecule has 1 aliphatic heterocycles. The van der Waals surface area contributed by atoms with Gasteiger partial charge in [0.1, 0.15) is 12.1 Å². The van der Waals surface area contributed by atoms with Crippen LogP contribution in [0.4, 0.5) is 11.5 Å². The smallest absolute Gasteiger partial charge is 0.163 e. The van der Waals surface area contributed by atoms with Gasteiger partial charge in [-0.3, -0.25) is 0 Å². The molecule has 30 heavy (non-hydrogen) atoms. The van der Waals surface area contributed by atoms with Crippen LogP contribution in [0.15, 0.2) is 60.9 Å². The van der Waals surface area contributed by atoms with Crippen molar-refractivity contribution >= 4 is 22.5 Å². The fourth-order valence-electron chi connectivity index (χ4n) is 4.20. The van der Waals surface area contributed by atoms with E-state index in [0.29, 0.717) is 6.54 Å². The van der Waals surface area contributed by atoms with Crippen LogP contribution in [0.1, 0.15) is 16.8 Å². The molecule has 6 heteroatoms. The number of rotatable bonds is 4. The van der Waals surface area contributed by atoms with E-state index in [9.17, 15) is 0 Å². The van der Waals surface area contributed by atoms with E-state index in [1.54, 1.807) is 6.33 Å². The summed E-state index contributed by atoms with van der Waals surface area (Å²) in [5, 5.41) is 5.86. The van der Waals surface area contributed by atoms with Gasteiger partial charge in [-0.2, -0.15) is 5.10 Å². The molecule has 0 aliphatic carbocycles. The minimum atomic E-state index is 0.711. The molecule has 0 unspecified atom stereocenters. The van der Waals surface area contributed by atoms with Crippen molar-refractivity contribution in [1.29, 1.82) is 0 Å². The van der Waals surface area contributed by atoms with Crippen LogP contribution in [0, 0.1) is 13.8 Å². The molecule has 4 aromatic rings. The van der Waals surface area contributed by atoms with Gasteiger partial charge in [-0.15, -0.1) is 0 Å². The highest BCUT2D eigenvalue weighted by atomic mass is 15.3. The summed E-state index contributed by atoms with van der Waals surface area (Å²) < 4.78 is 1.99. The number of nitrogens with zero attached hydrogens (tertiary/aromatic N) is 6. The summed E-state index contributed by atoms with van der Waals surface area (Å²) in [6.45, 7) is 8.72. The van der Waals surface area contributed by atoms with Crippen LogP contribution in [0.2, 0.25) is 0 Å². The van der Waals surface area contributed by atoms with Crippen LogP contribution in [-0.2, 0) is 6.54 Å². The molecule has 0 N–H and O–H groups in total. The lowest BCUT2D eigenvalue weighted by Gasteiger charge is -2.37. The minimum Gasteiger partial charge on any atom is -0.368 e. The molecule has 1 saturated heterocycles. The Balaban J connectivity index is 1.39. The first-order chi connectivity index (χ1) is 14.7. The van der Waals surface area contributed by atoms with Crippen LogP contribution < -0.4 is 9.80 Å². The zero-order valence-corrected chi connectivity index (χ0v) is 17.5. The monoisotopic (exact) mass is 398 g/mol. The average Bonchev–Trinajstić information content (AvgIpc) is 3.11. The van der Waals surface area contributed by atoms with Crippen molar-refractivity contribution in [2.24, 2.45) is 0 Å². The lowest BCUT2D eigenvalue weighted by molar-refractivity contribution is 0.648. The zero-order valence-electron chi connectivity index (χ0n) is 17.5. The zero-order chi connectivity index (χ0) is 20.5. The number of fused-ring (bicyclic) bond motifs is 1. The molecule has 6 nitrogen and oxygen atoms in total. The van der Waals surface area contributed by atoms with Crippen LogP contribution in [-0.4, -0.2) is 45.9 Å². The van der Waals surface area contributed by atoms with Gasteiger partial charge in [-0.25, -0.2) is 14.6 Å². The van der Waals surface area contributed by atoms with Crippen LogP contribution in [0.3, 0.4) is 0 Å². The number of piperazine rings is 1. The summed E-state index contributed by atoms with van der Waals surface area (Å²) in [6, 6.07) is 19.2. The normalized spacial score (nSPS) is 14.5. The first-order valence-electron chi connectivity index (χ1n) is 10.5. The van der Waals surface area contributed by atoms with E-state index < -0.39 is 0 Å². The molecular weight excluding hydrogens is 372 g/mol. The molecule has 0 radical (unpaired) electrons. The number of hydrogen-bond acceptors (Lipinski definition) is 5. The molecule has 1 fully saturated rings. The minimum absolute atomic E-state index is 0.711. The molecule has 152 valence electrons. The Kier molecular flexibility index (Phi) is 4.83. The fraction of sp³-hybridized carbons (Fsp3) is 0.292. The molecule has 0 spiro atoms. The van der Waals surface area contributed by atoms with E-state index in [1.807, 2.05) is 10.7 Å². The topological polar surface area (TPSA) is 50.1 Å². The highest BCUT2D eigenvalue weighted by molar-refractivity contribution is 5.89. The summed E-state index contributed by atoms with van der Waals surface area (Å²) >= 11 is 0. The number of benzene rings is 2. The second-order valence-corrected chi connectivity index (χ2v) is 7.93. The molecule has 2 aromatic heterocycles. The molecule has 0 bridgehead atoms. The van der Waals surface area contributed by atoms with Crippen molar-refractivity contribution in [2.45, 2.75) is 20.4 Å². The SMILES string of the molecule is Cc1ccc(N2CCN(c3ncnc4c3c(C)nn4Cc3ccccc3)CC2)cc1. The van der Waals surface area contributed by atoms with Crippen LogP contribution >= 0.6 is 0 Å². The quantitative estimate of drug-likeness (QED) is 0.523. The molecule has 1 aliphatic rings. The fourth-order valence-corrected chi connectivity index (χ4v) is 4.20. The maximum absolute atomic E-state index is 4.79. The van der Waals surface area contributed by atoms with Gasteiger partial charge >= 0.3 is 0 Å². The number of aryl methyl sites for hydroxylation is 2. The molecule has 0 atom stereocenters. The van der Waals surface area contributed by atoms with Gasteiger partial charge < -0.3 is 9.80 Å². The van der Waals surface area contributed by atoms with E-state index in [2.05, 4.69) is 82.1 Å². The Bertz CT molecular complexity index is 1140. The maximum atomic E-state index is 4.79. The average molecular weight is 399 g/mol. The lowest BCUT2D eigenvalue weighted by atomic mass is 10.2. The van der Waals surface area contributed by atoms with Gasteiger partial charge in [0.05, 0.1) is 17.6 Å². The van der Waals surface area contributed by atoms with Gasteiger partial charge in [-0.1, -0.05) is 48.0 Å². The summed E-state index contributed by atoms with van der Waals surface area (Å²) in [6.07, 6.45) is 1.67. The number of anilines is 2.